The standard InChI is InChI=1S/C18H27NO2/c1-21-17-8-6-13(7-9-17)15-10-16(11-15)19-12-14-4-2-3-5-18(14)20/h6-9,14-16,18-20H,2-5,10-12H2,1H3. The van der Waals surface area contributed by atoms with Crippen LogP contribution in [-0.4, -0.2) is 30.9 Å². The van der Waals surface area contributed by atoms with E-state index in [1.807, 2.05) is 0 Å². The number of aliphatic hydroxyl groups excluding tert-OH is 1. The number of rotatable bonds is 5. The normalized spacial score (nSPS) is 32.5. The summed E-state index contributed by atoms with van der Waals surface area (Å²) >= 11 is 0. The van der Waals surface area contributed by atoms with Crippen molar-refractivity contribution in [1.82, 2.24) is 5.32 Å². The van der Waals surface area contributed by atoms with Gasteiger partial charge in [-0.15, -0.1) is 0 Å². The molecule has 1 aromatic carbocycles. The van der Waals surface area contributed by atoms with Crippen LogP contribution in [0.4, 0.5) is 0 Å². The predicted octanol–water partition coefficient (Wildman–Crippen LogP) is 3.08. The second-order valence-electron chi connectivity index (χ2n) is 6.66. The highest BCUT2D eigenvalue weighted by Gasteiger charge is 2.31. The van der Waals surface area contributed by atoms with Gasteiger partial charge < -0.3 is 15.2 Å². The van der Waals surface area contributed by atoms with Crippen molar-refractivity contribution in [2.45, 2.75) is 56.6 Å². The highest BCUT2D eigenvalue weighted by atomic mass is 16.5. The molecule has 2 atom stereocenters. The summed E-state index contributed by atoms with van der Waals surface area (Å²) in [7, 11) is 1.71. The molecule has 0 aliphatic heterocycles. The van der Waals surface area contributed by atoms with Gasteiger partial charge in [-0.2, -0.15) is 0 Å². The molecule has 0 heterocycles. The van der Waals surface area contributed by atoms with Crippen molar-refractivity contribution >= 4 is 0 Å². The van der Waals surface area contributed by atoms with E-state index in [9.17, 15) is 5.11 Å². The van der Waals surface area contributed by atoms with E-state index in [2.05, 4.69) is 29.6 Å². The maximum atomic E-state index is 10.0. The van der Waals surface area contributed by atoms with Crippen molar-refractivity contribution in [3.8, 4) is 5.75 Å². The first-order chi connectivity index (χ1) is 10.3. The number of ether oxygens (including phenoxy) is 1. The van der Waals surface area contributed by atoms with E-state index in [-0.39, 0.29) is 6.10 Å². The largest absolute Gasteiger partial charge is 0.497 e. The lowest BCUT2D eigenvalue weighted by molar-refractivity contribution is 0.0655. The molecule has 3 nitrogen and oxygen atoms in total. The number of nitrogens with one attached hydrogen (secondary N) is 1. The highest BCUT2D eigenvalue weighted by Crippen LogP contribution is 2.37. The summed E-state index contributed by atoms with van der Waals surface area (Å²) in [5.74, 6) is 2.09. The van der Waals surface area contributed by atoms with E-state index >= 15 is 0 Å². The zero-order chi connectivity index (χ0) is 14.7. The van der Waals surface area contributed by atoms with E-state index < -0.39 is 0 Å². The Labute approximate surface area is 127 Å². The molecule has 116 valence electrons. The highest BCUT2D eigenvalue weighted by molar-refractivity contribution is 5.30. The van der Waals surface area contributed by atoms with Crippen LogP contribution in [0.5, 0.6) is 5.75 Å². The number of methoxy groups -OCH3 is 1. The van der Waals surface area contributed by atoms with Crippen LogP contribution in [0, 0.1) is 5.92 Å². The summed E-state index contributed by atoms with van der Waals surface area (Å²) in [5.41, 5.74) is 1.42. The Morgan fingerprint density at radius 1 is 1.14 bits per heavy atom. The van der Waals surface area contributed by atoms with Crippen molar-refractivity contribution in [2.24, 2.45) is 5.92 Å². The minimum Gasteiger partial charge on any atom is -0.497 e. The average molecular weight is 289 g/mol. The van der Waals surface area contributed by atoms with Crippen LogP contribution in [0.1, 0.15) is 50.0 Å². The van der Waals surface area contributed by atoms with E-state index in [1.54, 1.807) is 7.11 Å². The van der Waals surface area contributed by atoms with Gasteiger partial charge in [0, 0.05) is 12.6 Å². The third-order valence-electron chi connectivity index (χ3n) is 5.26. The van der Waals surface area contributed by atoms with Crippen molar-refractivity contribution in [2.75, 3.05) is 13.7 Å². The van der Waals surface area contributed by atoms with Gasteiger partial charge in [0.2, 0.25) is 0 Å². The SMILES string of the molecule is COc1ccc(C2CC(NCC3CCCCC3O)C2)cc1. The van der Waals surface area contributed by atoms with Gasteiger partial charge in [-0.3, -0.25) is 0 Å². The maximum absolute atomic E-state index is 10.0. The lowest BCUT2D eigenvalue weighted by Gasteiger charge is -2.38. The quantitative estimate of drug-likeness (QED) is 0.875. The second kappa shape index (κ2) is 6.80. The van der Waals surface area contributed by atoms with Crippen molar-refractivity contribution < 1.29 is 9.84 Å². The molecule has 0 amide bonds. The summed E-state index contributed by atoms with van der Waals surface area (Å²) in [6.45, 7) is 0.987. The Balaban J connectivity index is 1.41. The maximum Gasteiger partial charge on any atom is 0.118 e. The molecule has 0 bridgehead atoms. The van der Waals surface area contributed by atoms with Gasteiger partial charge in [0.1, 0.15) is 5.75 Å². The summed E-state index contributed by atoms with van der Waals surface area (Å²) in [6.07, 6.45) is 7.01. The molecule has 1 aromatic rings. The first kappa shape index (κ1) is 14.9. The Bertz CT molecular complexity index is 439. The molecule has 2 saturated carbocycles. The molecule has 2 aliphatic rings. The summed E-state index contributed by atoms with van der Waals surface area (Å²) in [5, 5.41) is 13.7. The molecular formula is C18H27NO2. The van der Waals surface area contributed by atoms with E-state index in [0.717, 1.165) is 18.7 Å². The predicted molar refractivity (Wildman–Crippen MR) is 84.7 cm³/mol. The number of aliphatic hydroxyl groups is 1. The van der Waals surface area contributed by atoms with Crippen LogP contribution >= 0.6 is 0 Å². The van der Waals surface area contributed by atoms with E-state index in [0.29, 0.717) is 17.9 Å². The van der Waals surface area contributed by atoms with Gasteiger partial charge in [-0.25, -0.2) is 0 Å². The number of hydrogen-bond donors (Lipinski definition) is 2. The Morgan fingerprint density at radius 3 is 2.52 bits per heavy atom. The molecule has 2 unspecified atom stereocenters. The van der Waals surface area contributed by atoms with Crippen LogP contribution in [-0.2, 0) is 0 Å². The van der Waals surface area contributed by atoms with Crippen LogP contribution in [0.15, 0.2) is 24.3 Å². The van der Waals surface area contributed by atoms with E-state index in [1.165, 1.54) is 37.7 Å². The third kappa shape index (κ3) is 3.58. The van der Waals surface area contributed by atoms with Crippen LogP contribution in [0.25, 0.3) is 0 Å². The monoisotopic (exact) mass is 289 g/mol. The molecular weight excluding hydrogens is 262 g/mol. The summed E-state index contributed by atoms with van der Waals surface area (Å²) in [6, 6.07) is 9.10. The molecule has 2 fully saturated rings. The zero-order valence-corrected chi connectivity index (χ0v) is 12.9. The number of hydrogen-bond acceptors (Lipinski definition) is 3. The molecule has 2 N–H and O–H groups in total. The molecule has 3 heteroatoms. The molecule has 0 spiro atoms. The lowest BCUT2D eigenvalue weighted by Crippen LogP contribution is -2.44. The van der Waals surface area contributed by atoms with Gasteiger partial charge in [-0.1, -0.05) is 25.0 Å². The average Bonchev–Trinajstić information content (AvgIpc) is 2.48. The fourth-order valence-electron chi connectivity index (χ4n) is 3.68. The van der Waals surface area contributed by atoms with Crippen molar-refractivity contribution in [3.05, 3.63) is 29.8 Å². The van der Waals surface area contributed by atoms with Gasteiger partial charge >= 0.3 is 0 Å². The van der Waals surface area contributed by atoms with Gasteiger partial charge in [0.15, 0.2) is 0 Å². The van der Waals surface area contributed by atoms with Gasteiger partial charge in [0.25, 0.3) is 0 Å². The minimum absolute atomic E-state index is 0.0799. The Morgan fingerprint density at radius 2 is 1.86 bits per heavy atom. The van der Waals surface area contributed by atoms with Crippen LogP contribution in [0.3, 0.4) is 0 Å². The Hall–Kier alpha value is -1.06. The third-order valence-corrected chi connectivity index (χ3v) is 5.26. The minimum atomic E-state index is -0.0799. The summed E-state index contributed by atoms with van der Waals surface area (Å²) < 4.78 is 5.20. The topological polar surface area (TPSA) is 41.5 Å². The fourth-order valence-corrected chi connectivity index (χ4v) is 3.68. The lowest BCUT2D eigenvalue weighted by atomic mass is 9.75. The van der Waals surface area contributed by atoms with Gasteiger partial charge in [-0.05, 0) is 55.2 Å². The Kier molecular flexibility index (Phi) is 4.81. The fraction of sp³-hybridized carbons (Fsp3) is 0.667. The molecule has 0 aromatic heterocycles. The van der Waals surface area contributed by atoms with Crippen molar-refractivity contribution in [1.29, 1.82) is 0 Å². The van der Waals surface area contributed by atoms with Crippen molar-refractivity contribution in [3.63, 3.8) is 0 Å². The second-order valence-corrected chi connectivity index (χ2v) is 6.66. The number of benzene rings is 1. The molecule has 3 rings (SSSR count). The van der Waals surface area contributed by atoms with Crippen LogP contribution < -0.4 is 10.1 Å². The van der Waals surface area contributed by atoms with E-state index in [4.69, 9.17) is 4.74 Å². The first-order valence-electron chi connectivity index (χ1n) is 8.31. The summed E-state index contributed by atoms with van der Waals surface area (Å²) in [4.78, 5) is 0. The molecule has 0 saturated heterocycles. The zero-order valence-electron chi connectivity index (χ0n) is 12.9. The van der Waals surface area contributed by atoms with Crippen LogP contribution in [0.2, 0.25) is 0 Å². The van der Waals surface area contributed by atoms with Gasteiger partial charge in [0.05, 0.1) is 13.2 Å². The molecule has 0 radical (unpaired) electrons. The smallest absolute Gasteiger partial charge is 0.118 e. The molecule has 21 heavy (non-hydrogen) atoms. The first-order valence-corrected chi connectivity index (χ1v) is 8.31. The molecule has 2 aliphatic carbocycles.